The van der Waals surface area contributed by atoms with Crippen LogP contribution in [0.15, 0.2) is 46.7 Å². The van der Waals surface area contributed by atoms with Crippen molar-refractivity contribution in [3.8, 4) is 11.3 Å². The van der Waals surface area contributed by atoms with Gasteiger partial charge in [-0.15, -0.1) is 23.1 Å². The Bertz CT molecular complexity index is 953. The van der Waals surface area contributed by atoms with Gasteiger partial charge in [0.2, 0.25) is 0 Å². The molecule has 5 heteroatoms. The van der Waals surface area contributed by atoms with Crippen LogP contribution >= 0.6 is 23.1 Å². The van der Waals surface area contributed by atoms with Gasteiger partial charge in [0.15, 0.2) is 5.13 Å². The number of aryl methyl sites for hydroxylation is 3. The lowest BCUT2D eigenvalue weighted by Crippen LogP contribution is -2.11. The summed E-state index contributed by atoms with van der Waals surface area (Å²) in [5.41, 5.74) is 6.36. The molecule has 0 aliphatic heterocycles. The molecule has 0 bridgehead atoms. The SMILES string of the molecule is Cc1cc(C)c(-c2csc(NC(=O)c3cccc(SC(C)C)c3)n2)c(C)c1. The van der Waals surface area contributed by atoms with Crippen molar-refractivity contribution < 1.29 is 4.79 Å². The van der Waals surface area contributed by atoms with Crippen molar-refractivity contribution in [2.45, 2.75) is 44.8 Å². The highest BCUT2D eigenvalue weighted by atomic mass is 32.2. The molecule has 2 aromatic carbocycles. The maximum atomic E-state index is 12.6. The maximum absolute atomic E-state index is 12.6. The molecule has 0 unspecified atom stereocenters. The lowest BCUT2D eigenvalue weighted by Gasteiger charge is -2.09. The summed E-state index contributed by atoms with van der Waals surface area (Å²) in [5, 5.41) is 6.04. The fraction of sp³-hybridized carbons (Fsp3) is 0.273. The Morgan fingerprint density at radius 1 is 1.11 bits per heavy atom. The normalized spacial score (nSPS) is 11.0. The number of thiazole rings is 1. The highest BCUT2D eigenvalue weighted by Crippen LogP contribution is 2.31. The van der Waals surface area contributed by atoms with E-state index in [-0.39, 0.29) is 5.91 Å². The van der Waals surface area contributed by atoms with Crippen LogP contribution in [0.2, 0.25) is 0 Å². The van der Waals surface area contributed by atoms with Gasteiger partial charge in [0, 0.05) is 26.7 Å². The van der Waals surface area contributed by atoms with E-state index in [0.717, 1.165) is 16.2 Å². The molecule has 0 saturated heterocycles. The van der Waals surface area contributed by atoms with Gasteiger partial charge in [-0.3, -0.25) is 10.1 Å². The lowest BCUT2D eigenvalue weighted by atomic mass is 9.98. The molecular weight excluding hydrogens is 372 g/mol. The number of carbonyl (C=O) groups excluding carboxylic acids is 1. The first kappa shape index (κ1) is 19.6. The summed E-state index contributed by atoms with van der Waals surface area (Å²) in [6.45, 7) is 10.6. The second-order valence-electron chi connectivity index (χ2n) is 6.96. The summed E-state index contributed by atoms with van der Waals surface area (Å²) in [7, 11) is 0. The predicted octanol–water partition coefficient (Wildman–Crippen LogP) is 6.49. The zero-order valence-electron chi connectivity index (χ0n) is 16.3. The van der Waals surface area contributed by atoms with E-state index < -0.39 is 0 Å². The molecule has 3 aromatic rings. The van der Waals surface area contributed by atoms with Gasteiger partial charge in [0.05, 0.1) is 5.69 Å². The minimum Gasteiger partial charge on any atom is -0.298 e. The number of nitrogens with one attached hydrogen (secondary N) is 1. The molecule has 1 aromatic heterocycles. The average molecular weight is 397 g/mol. The molecule has 0 spiro atoms. The quantitative estimate of drug-likeness (QED) is 0.501. The minimum absolute atomic E-state index is 0.126. The summed E-state index contributed by atoms with van der Waals surface area (Å²) in [5.74, 6) is -0.126. The number of thioether (sulfide) groups is 1. The number of benzene rings is 2. The third-order valence-electron chi connectivity index (χ3n) is 4.13. The monoisotopic (exact) mass is 396 g/mol. The molecule has 0 aliphatic carbocycles. The number of hydrogen-bond donors (Lipinski definition) is 1. The third kappa shape index (κ3) is 4.79. The zero-order valence-corrected chi connectivity index (χ0v) is 17.9. The molecule has 0 fully saturated rings. The van der Waals surface area contributed by atoms with Gasteiger partial charge in [-0.2, -0.15) is 0 Å². The Hall–Kier alpha value is -2.11. The molecule has 1 N–H and O–H groups in total. The van der Waals surface area contributed by atoms with Gasteiger partial charge in [-0.05, 0) is 50.1 Å². The van der Waals surface area contributed by atoms with Gasteiger partial charge in [-0.1, -0.05) is 37.6 Å². The summed E-state index contributed by atoms with van der Waals surface area (Å²) >= 11 is 3.20. The van der Waals surface area contributed by atoms with E-state index in [4.69, 9.17) is 0 Å². The second kappa shape index (κ2) is 8.28. The number of anilines is 1. The van der Waals surface area contributed by atoms with Crippen LogP contribution in [0.3, 0.4) is 0 Å². The summed E-state index contributed by atoms with van der Waals surface area (Å²) in [6, 6.07) is 12.1. The van der Waals surface area contributed by atoms with E-state index in [9.17, 15) is 4.79 Å². The van der Waals surface area contributed by atoms with Crippen molar-refractivity contribution in [2.24, 2.45) is 0 Å². The predicted molar refractivity (Wildman–Crippen MR) is 117 cm³/mol. The Morgan fingerprint density at radius 3 is 2.48 bits per heavy atom. The topological polar surface area (TPSA) is 42.0 Å². The van der Waals surface area contributed by atoms with E-state index >= 15 is 0 Å². The van der Waals surface area contributed by atoms with E-state index in [1.807, 2.05) is 29.6 Å². The first-order valence-corrected chi connectivity index (χ1v) is 10.7. The van der Waals surface area contributed by atoms with Gasteiger partial charge in [0.1, 0.15) is 0 Å². The number of rotatable bonds is 5. The Balaban J connectivity index is 1.79. The van der Waals surface area contributed by atoms with Crippen molar-refractivity contribution in [1.29, 1.82) is 0 Å². The van der Waals surface area contributed by atoms with Gasteiger partial charge in [-0.25, -0.2) is 4.98 Å². The molecule has 1 heterocycles. The Kier molecular flexibility index (Phi) is 6.02. The first-order valence-electron chi connectivity index (χ1n) is 8.95. The molecule has 3 rings (SSSR count). The van der Waals surface area contributed by atoms with Crippen LogP contribution in [0.1, 0.15) is 40.9 Å². The molecule has 3 nitrogen and oxygen atoms in total. The van der Waals surface area contributed by atoms with Crippen LogP contribution in [-0.2, 0) is 0 Å². The largest absolute Gasteiger partial charge is 0.298 e. The Labute approximate surface area is 169 Å². The fourth-order valence-electron chi connectivity index (χ4n) is 3.18. The summed E-state index contributed by atoms with van der Waals surface area (Å²) < 4.78 is 0. The van der Waals surface area contributed by atoms with Crippen LogP contribution in [0.25, 0.3) is 11.3 Å². The second-order valence-corrected chi connectivity index (χ2v) is 9.47. The number of aromatic nitrogens is 1. The van der Waals surface area contributed by atoms with E-state index in [0.29, 0.717) is 15.9 Å². The molecule has 0 radical (unpaired) electrons. The van der Waals surface area contributed by atoms with Crippen LogP contribution in [-0.4, -0.2) is 16.1 Å². The highest BCUT2D eigenvalue weighted by Gasteiger charge is 2.13. The van der Waals surface area contributed by atoms with Gasteiger partial charge >= 0.3 is 0 Å². The lowest BCUT2D eigenvalue weighted by molar-refractivity contribution is 0.102. The van der Waals surface area contributed by atoms with Crippen molar-refractivity contribution >= 4 is 34.1 Å². The number of amides is 1. The fourth-order valence-corrected chi connectivity index (χ4v) is 4.78. The molecular formula is C22H24N2OS2. The van der Waals surface area contributed by atoms with Crippen LogP contribution in [0, 0.1) is 20.8 Å². The van der Waals surface area contributed by atoms with Crippen molar-refractivity contribution in [2.75, 3.05) is 5.32 Å². The minimum atomic E-state index is -0.126. The average Bonchev–Trinajstić information content (AvgIpc) is 3.01. The zero-order chi connectivity index (χ0) is 19.6. The van der Waals surface area contributed by atoms with Crippen molar-refractivity contribution in [3.05, 3.63) is 64.0 Å². The van der Waals surface area contributed by atoms with E-state index in [1.165, 1.54) is 28.0 Å². The van der Waals surface area contributed by atoms with Crippen LogP contribution in [0.5, 0.6) is 0 Å². The van der Waals surface area contributed by atoms with Gasteiger partial charge < -0.3 is 0 Å². The maximum Gasteiger partial charge on any atom is 0.257 e. The molecule has 27 heavy (non-hydrogen) atoms. The smallest absolute Gasteiger partial charge is 0.257 e. The van der Waals surface area contributed by atoms with E-state index in [2.05, 4.69) is 57.1 Å². The van der Waals surface area contributed by atoms with E-state index in [1.54, 1.807) is 11.8 Å². The Morgan fingerprint density at radius 2 is 1.81 bits per heavy atom. The molecule has 1 amide bonds. The first-order chi connectivity index (χ1) is 12.8. The van der Waals surface area contributed by atoms with Crippen molar-refractivity contribution in [3.63, 3.8) is 0 Å². The number of hydrogen-bond acceptors (Lipinski definition) is 4. The molecule has 0 saturated carbocycles. The summed E-state index contributed by atoms with van der Waals surface area (Å²) in [4.78, 5) is 18.4. The third-order valence-corrected chi connectivity index (χ3v) is 5.88. The summed E-state index contributed by atoms with van der Waals surface area (Å²) in [6.07, 6.45) is 0. The number of nitrogens with zero attached hydrogens (tertiary/aromatic N) is 1. The van der Waals surface area contributed by atoms with Gasteiger partial charge in [0.25, 0.3) is 5.91 Å². The van der Waals surface area contributed by atoms with Crippen molar-refractivity contribution in [1.82, 2.24) is 4.98 Å². The molecule has 140 valence electrons. The molecule has 0 aliphatic rings. The van der Waals surface area contributed by atoms with Crippen LogP contribution < -0.4 is 5.32 Å². The number of carbonyl (C=O) groups is 1. The molecule has 0 atom stereocenters. The standard InChI is InChI=1S/C22H24N2OS2/c1-13(2)27-18-8-6-7-17(11-18)21(25)24-22-23-19(12-26-22)20-15(4)9-14(3)10-16(20)5/h6-13H,1-5H3,(H,23,24,25). The highest BCUT2D eigenvalue weighted by molar-refractivity contribution is 7.99. The van der Waals surface area contributed by atoms with Crippen LogP contribution in [0.4, 0.5) is 5.13 Å².